The van der Waals surface area contributed by atoms with Crippen LogP contribution in [-0.2, 0) is 6.42 Å². The van der Waals surface area contributed by atoms with Gasteiger partial charge in [-0.2, -0.15) is 0 Å². The standard InChI is InChI=1S/C18H27BrFN/c1-2-10-21-13-16-7-5-3-4-6-14(16)11-15-8-9-17(19)12-18(15)20/h8-9,12,14,16,21H,2-7,10-11,13H2,1H3. The third kappa shape index (κ3) is 5.37. The monoisotopic (exact) mass is 355 g/mol. The van der Waals surface area contributed by atoms with Crippen molar-refractivity contribution in [3.63, 3.8) is 0 Å². The van der Waals surface area contributed by atoms with Crippen molar-refractivity contribution in [2.75, 3.05) is 13.1 Å². The van der Waals surface area contributed by atoms with Crippen LogP contribution in [0, 0.1) is 17.7 Å². The Hall–Kier alpha value is -0.410. The van der Waals surface area contributed by atoms with Gasteiger partial charge in [0.05, 0.1) is 0 Å². The van der Waals surface area contributed by atoms with Crippen LogP contribution in [0.5, 0.6) is 0 Å². The molecule has 2 rings (SSSR count). The molecule has 1 aliphatic carbocycles. The Balaban J connectivity index is 2.01. The molecule has 1 aromatic rings. The van der Waals surface area contributed by atoms with Crippen molar-refractivity contribution in [2.24, 2.45) is 11.8 Å². The third-order valence-electron chi connectivity index (χ3n) is 4.65. The molecule has 1 aromatic carbocycles. The summed E-state index contributed by atoms with van der Waals surface area (Å²) in [5, 5.41) is 3.57. The molecule has 0 amide bonds. The number of hydrogen-bond donors (Lipinski definition) is 1. The summed E-state index contributed by atoms with van der Waals surface area (Å²) in [4.78, 5) is 0. The summed E-state index contributed by atoms with van der Waals surface area (Å²) in [6.45, 7) is 4.39. The first-order valence-corrected chi connectivity index (χ1v) is 9.14. The van der Waals surface area contributed by atoms with Crippen LogP contribution in [0.2, 0.25) is 0 Å². The molecule has 1 saturated carbocycles. The van der Waals surface area contributed by atoms with E-state index in [1.165, 1.54) is 38.5 Å². The smallest absolute Gasteiger partial charge is 0.127 e. The molecule has 2 atom stereocenters. The quantitative estimate of drug-likeness (QED) is 0.537. The van der Waals surface area contributed by atoms with Gasteiger partial charge in [0.15, 0.2) is 0 Å². The van der Waals surface area contributed by atoms with E-state index in [1.54, 1.807) is 6.07 Å². The molecule has 2 unspecified atom stereocenters. The van der Waals surface area contributed by atoms with Crippen molar-refractivity contribution in [1.29, 1.82) is 0 Å². The maximum Gasteiger partial charge on any atom is 0.127 e. The van der Waals surface area contributed by atoms with Crippen molar-refractivity contribution in [3.05, 3.63) is 34.1 Å². The molecule has 1 N–H and O–H groups in total. The van der Waals surface area contributed by atoms with Crippen LogP contribution >= 0.6 is 15.9 Å². The average Bonchev–Trinajstić information content (AvgIpc) is 2.68. The minimum atomic E-state index is -0.0612. The number of rotatable bonds is 6. The Bertz CT molecular complexity index is 435. The number of halogens is 2. The molecular formula is C18H27BrFN. The van der Waals surface area contributed by atoms with E-state index in [9.17, 15) is 4.39 Å². The lowest BCUT2D eigenvalue weighted by Gasteiger charge is -2.26. The molecule has 1 fully saturated rings. The lowest BCUT2D eigenvalue weighted by atomic mass is 9.83. The van der Waals surface area contributed by atoms with Crippen molar-refractivity contribution >= 4 is 15.9 Å². The van der Waals surface area contributed by atoms with Gasteiger partial charge < -0.3 is 5.32 Å². The Labute approximate surface area is 136 Å². The van der Waals surface area contributed by atoms with Gasteiger partial charge >= 0.3 is 0 Å². The number of hydrogen-bond acceptors (Lipinski definition) is 1. The molecule has 1 nitrogen and oxygen atoms in total. The van der Waals surface area contributed by atoms with Gasteiger partial charge in [-0.3, -0.25) is 0 Å². The molecule has 21 heavy (non-hydrogen) atoms. The molecule has 0 radical (unpaired) electrons. The molecule has 3 heteroatoms. The number of nitrogens with one attached hydrogen (secondary N) is 1. The molecule has 0 spiro atoms. The zero-order valence-corrected chi connectivity index (χ0v) is 14.6. The van der Waals surface area contributed by atoms with Crippen LogP contribution in [0.15, 0.2) is 22.7 Å². The summed E-state index contributed by atoms with van der Waals surface area (Å²) in [7, 11) is 0. The van der Waals surface area contributed by atoms with Gasteiger partial charge in [0.1, 0.15) is 5.82 Å². The second-order valence-electron chi connectivity index (χ2n) is 6.30. The normalized spacial score (nSPS) is 23.0. The fraction of sp³-hybridized carbons (Fsp3) is 0.667. The van der Waals surface area contributed by atoms with E-state index < -0.39 is 0 Å². The Kier molecular flexibility index (Phi) is 7.18. The molecule has 0 aliphatic heterocycles. The van der Waals surface area contributed by atoms with E-state index in [0.717, 1.165) is 29.5 Å². The van der Waals surface area contributed by atoms with Crippen LogP contribution in [0.1, 0.15) is 51.0 Å². The summed E-state index contributed by atoms with van der Waals surface area (Å²) in [6, 6.07) is 5.50. The van der Waals surface area contributed by atoms with E-state index in [-0.39, 0.29) is 5.82 Å². The molecule has 1 aliphatic rings. The van der Waals surface area contributed by atoms with E-state index in [2.05, 4.69) is 28.2 Å². The minimum Gasteiger partial charge on any atom is -0.316 e. The van der Waals surface area contributed by atoms with Crippen molar-refractivity contribution in [3.8, 4) is 0 Å². The van der Waals surface area contributed by atoms with Crippen LogP contribution in [0.25, 0.3) is 0 Å². The van der Waals surface area contributed by atoms with Crippen molar-refractivity contribution in [2.45, 2.75) is 51.9 Å². The molecule has 0 heterocycles. The Morgan fingerprint density at radius 2 is 1.95 bits per heavy atom. The predicted molar refractivity (Wildman–Crippen MR) is 91.0 cm³/mol. The highest BCUT2D eigenvalue weighted by atomic mass is 79.9. The fourth-order valence-electron chi connectivity index (χ4n) is 3.43. The van der Waals surface area contributed by atoms with Gasteiger partial charge in [0.25, 0.3) is 0 Å². The summed E-state index contributed by atoms with van der Waals surface area (Å²) in [6.07, 6.45) is 8.57. The van der Waals surface area contributed by atoms with Gasteiger partial charge in [0, 0.05) is 4.47 Å². The van der Waals surface area contributed by atoms with Crippen LogP contribution in [0.3, 0.4) is 0 Å². The first-order chi connectivity index (χ1) is 10.2. The second kappa shape index (κ2) is 8.89. The fourth-order valence-corrected chi connectivity index (χ4v) is 3.77. The van der Waals surface area contributed by atoms with Gasteiger partial charge in [-0.15, -0.1) is 0 Å². The van der Waals surface area contributed by atoms with Crippen molar-refractivity contribution < 1.29 is 4.39 Å². The van der Waals surface area contributed by atoms with Crippen molar-refractivity contribution in [1.82, 2.24) is 5.32 Å². The Morgan fingerprint density at radius 1 is 1.19 bits per heavy atom. The topological polar surface area (TPSA) is 12.0 Å². The van der Waals surface area contributed by atoms with Crippen LogP contribution < -0.4 is 5.32 Å². The highest BCUT2D eigenvalue weighted by Crippen LogP contribution is 2.32. The van der Waals surface area contributed by atoms with Crippen LogP contribution in [-0.4, -0.2) is 13.1 Å². The van der Waals surface area contributed by atoms with Gasteiger partial charge in [0.2, 0.25) is 0 Å². The van der Waals surface area contributed by atoms with E-state index >= 15 is 0 Å². The maximum atomic E-state index is 14.1. The highest BCUT2D eigenvalue weighted by molar-refractivity contribution is 9.10. The zero-order valence-electron chi connectivity index (χ0n) is 13.0. The SMILES string of the molecule is CCCNCC1CCCCCC1Cc1ccc(Br)cc1F. The first-order valence-electron chi connectivity index (χ1n) is 8.35. The minimum absolute atomic E-state index is 0.0612. The zero-order chi connectivity index (χ0) is 15.1. The molecular weight excluding hydrogens is 329 g/mol. The Morgan fingerprint density at radius 3 is 2.67 bits per heavy atom. The van der Waals surface area contributed by atoms with E-state index in [4.69, 9.17) is 0 Å². The molecule has 0 bridgehead atoms. The second-order valence-corrected chi connectivity index (χ2v) is 7.22. The van der Waals surface area contributed by atoms with Gasteiger partial charge in [-0.05, 0) is 68.3 Å². The lowest BCUT2D eigenvalue weighted by molar-refractivity contribution is 0.295. The largest absolute Gasteiger partial charge is 0.316 e. The molecule has 0 aromatic heterocycles. The number of benzene rings is 1. The summed E-state index contributed by atoms with van der Waals surface area (Å²) < 4.78 is 14.9. The van der Waals surface area contributed by atoms with Gasteiger partial charge in [-0.1, -0.05) is 48.2 Å². The van der Waals surface area contributed by atoms with E-state index in [1.807, 2.05) is 12.1 Å². The predicted octanol–water partition coefficient (Wildman–Crippen LogP) is 5.33. The molecule has 0 saturated heterocycles. The summed E-state index contributed by atoms with van der Waals surface area (Å²) in [5.41, 5.74) is 0.880. The highest BCUT2D eigenvalue weighted by Gasteiger charge is 2.24. The first kappa shape index (κ1) is 17.0. The lowest BCUT2D eigenvalue weighted by Crippen LogP contribution is -2.29. The summed E-state index contributed by atoms with van der Waals surface area (Å²) in [5.74, 6) is 1.25. The van der Waals surface area contributed by atoms with Crippen LogP contribution in [0.4, 0.5) is 4.39 Å². The van der Waals surface area contributed by atoms with E-state index in [0.29, 0.717) is 11.8 Å². The summed E-state index contributed by atoms with van der Waals surface area (Å²) >= 11 is 3.34. The maximum absolute atomic E-state index is 14.1. The molecule has 118 valence electrons. The third-order valence-corrected chi connectivity index (χ3v) is 5.14. The average molecular weight is 356 g/mol. The van der Waals surface area contributed by atoms with Gasteiger partial charge in [-0.25, -0.2) is 4.39 Å².